The molecular formula is C12H18Cl2NO3P. The number of hydrogen-bond acceptors (Lipinski definition) is 3. The predicted molar refractivity (Wildman–Crippen MR) is 78.9 cm³/mol. The van der Waals surface area contributed by atoms with Gasteiger partial charge in [-0.25, -0.2) is 9.24 Å². The third-order valence-corrected chi connectivity index (χ3v) is 4.85. The van der Waals surface area contributed by atoms with E-state index in [-0.39, 0.29) is 6.61 Å². The van der Waals surface area contributed by atoms with Gasteiger partial charge in [0.2, 0.25) is 0 Å². The van der Waals surface area contributed by atoms with Gasteiger partial charge in [0.25, 0.3) is 0 Å². The van der Waals surface area contributed by atoms with E-state index in [0.717, 1.165) is 5.56 Å². The van der Waals surface area contributed by atoms with E-state index in [0.29, 0.717) is 24.8 Å². The fraction of sp³-hybridized carbons (Fsp3) is 0.500. The van der Waals surface area contributed by atoms with Crippen molar-refractivity contribution in [3.8, 4) is 0 Å². The zero-order valence-electron chi connectivity index (χ0n) is 10.8. The lowest BCUT2D eigenvalue weighted by molar-refractivity contribution is 0.177. The molecule has 0 bridgehead atoms. The minimum atomic E-state index is -3.34. The first kappa shape index (κ1) is 17.0. The highest BCUT2D eigenvalue weighted by atomic mass is 35.5. The summed E-state index contributed by atoms with van der Waals surface area (Å²) in [5.41, 5.74) is 0.927. The highest BCUT2D eigenvalue weighted by Crippen LogP contribution is 2.51. The highest BCUT2D eigenvalue weighted by molar-refractivity contribution is 7.51. The van der Waals surface area contributed by atoms with Crippen molar-refractivity contribution >= 4 is 30.9 Å². The Kier molecular flexibility index (Phi) is 8.00. The second kappa shape index (κ2) is 8.96. The van der Waals surface area contributed by atoms with Crippen molar-refractivity contribution in [1.29, 1.82) is 0 Å². The van der Waals surface area contributed by atoms with Crippen molar-refractivity contribution in [3.05, 3.63) is 35.9 Å². The number of halogens is 2. The fourth-order valence-electron chi connectivity index (χ4n) is 1.53. The van der Waals surface area contributed by atoms with Crippen LogP contribution in [0.4, 0.5) is 0 Å². The summed E-state index contributed by atoms with van der Waals surface area (Å²) < 4.78 is 24.7. The molecule has 1 aromatic carbocycles. The Labute approximate surface area is 124 Å². The van der Waals surface area contributed by atoms with Crippen LogP contribution in [-0.2, 0) is 20.2 Å². The number of hydrogen-bond donors (Lipinski definition) is 0. The summed E-state index contributed by atoms with van der Waals surface area (Å²) in [6, 6.07) is 9.49. The molecule has 0 fully saturated rings. The van der Waals surface area contributed by atoms with E-state index in [4.69, 9.17) is 32.2 Å². The van der Waals surface area contributed by atoms with Crippen LogP contribution in [0.1, 0.15) is 5.56 Å². The molecule has 0 aromatic heterocycles. The van der Waals surface area contributed by atoms with E-state index in [2.05, 4.69) is 0 Å². The number of alkyl halides is 2. The number of benzene rings is 1. The molecule has 1 aromatic rings. The summed E-state index contributed by atoms with van der Waals surface area (Å²) in [7, 11) is -1.98. The molecule has 4 nitrogen and oxygen atoms in total. The molecule has 0 spiro atoms. The molecule has 19 heavy (non-hydrogen) atoms. The zero-order valence-corrected chi connectivity index (χ0v) is 13.2. The Balaban J connectivity index is 2.70. The molecule has 0 saturated heterocycles. The molecule has 0 amide bonds. The lowest BCUT2D eigenvalue weighted by Gasteiger charge is -2.27. The number of rotatable bonds is 9. The Morgan fingerprint density at radius 1 is 1.16 bits per heavy atom. The third kappa shape index (κ3) is 5.42. The molecule has 1 rings (SSSR count). The van der Waals surface area contributed by atoms with Crippen LogP contribution in [0.15, 0.2) is 30.3 Å². The second-order valence-electron chi connectivity index (χ2n) is 3.74. The third-order valence-electron chi connectivity index (χ3n) is 2.50. The van der Waals surface area contributed by atoms with Gasteiger partial charge in [0.1, 0.15) is 0 Å². The Morgan fingerprint density at radius 2 is 1.74 bits per heavy atom. The Bertz CT molecular complexity index is 399. The van der Waals surface area contributed by atoms with Crippen LogP contribution in [0.25, 0.3) is 0 Å². The first-order chi connectivity index (χ1) is 9.16. The molecule has 0 radical (unpaired) electrons. The zero-order chi connectivity index (χ0) is 14.1. The van der Waals surface area contributed by atoms with Crippen molar-refractivity contribution in [2.45, 2.75) is 6.61 Å². The first-order valence-corrected chi connectivity index (χ1v) is 8.44. The van der Waals surface area contributed by atoms with Gasteiger partial charge in [-0.3, -0.25) is 9.05 Å². The first-order valence-electron chi connectivity index (χ1n) is 5.88. The average molecular weight is 326 g/mol. The van der Waals surface area contributed by atoms with Crippen molar-refractivity contribution < 1.29 is 13.6 Å². The van der Waals surface area contributed by atoms with Crippen LogP contribution < -0.4 is 0 Å². The largest absolute Gasteiger partial charge is 0.408 e. The van der Waals surface area contributed by atoms with Crippen LogP contribution in [0.2, 0.25) is 0 Å². The molecule has 0 heterocycles. The molecule has 0 aliphatic carbocycles. The maximum Gasteiger partial charge on any atom is 0.408 e. The Morgan fingerprint density at radius 3 is 2.21 bits per heavy atom. The van der Waals surface area contributed by atoms with Gasteiger partial charge in [0, 0.05) is 32.0 Å². The number of nitrogens with zero attached hydrogens (tertiary/aromatic N) is 1. The van der Waals surface area contributed by atoms with E-state index in [1.165, 1.54) is 7.11 Å². The summed E-state index contributed by atoms with van der Waals surface area (Å²) in [6.07, 6.45) is 0. The molecule has 0 aliphatic heterocycles. The van der Waals surface area contributed by atoms with E-state index < -0.39 is 7.75 Å². The van der Waals surface area contributed by atoms with Crippen molar-refractivity contribution in [2.24, 2.45) is 0 Å². The van der Waals surface area contributed by atoms with Crippen molar-refractivity contribution in [2.75, 3.05) is 32.0 Å². The lowest BCUT2D eigenvalue weighted by atomic mass is 10.2. The fourth-order valence-corrected chi connectivity index (χ4v) is 3.68. The van der Waals surface area contributed by atoms with E-state index in [1.54, 1.807) is 4.67 Å². The summed E-state index contributed by atoms with van der Waals surface area (Å²) in [6.45, 7) is 1.01. The molecule has 108 valence electrons. The molecular weight excluding hydrogens is 308 g/mol. The SMILES string of the molecule is COP(=O)(OCc1ccccc1)N(CCCl)CCCl. The van der Waals surface area contributed by atoms with Gasteiger partial charge >= 0.3 is 7.75 Å². The summed E-state index contributed by atoms with van der Waals surface area (Å²) in [4.78, 5) is 0. The molecule has 1 atom stereocenters. The van der Waals surface area contributed by atoms with Gasteiger partial charge in [-0.15, -0.1) is 23.2 Å². The van der Waals surface area contributed by atoms with Crippen molar-refractivity contribution in [3.63, 3.8) is 0 Å². The lowest BCUT2D eigenvalue weighted by Crippen LogP contribution is -2.26. The van der Waals surface area contributed by atoms with Gasteiger partial charge in [0.15, 0.2) is 0 Å². The van der Waals surface area contributed by atoms with Gasteiger partial charge in [-0.05, 0) is 5.56 Å². The maximum absolute atomic E-state index is 12.6. The van der Waals surface area contributed by atoms with Crippen LogP contribution in [-0.4, -0.2) is 36.6 Å². The van der Waals surface area contributed by atoms with Crippen LogP contribution in [0, 0.1) is 0 Å². The normalized spacial score (nSPS) is 14.5. The highest BCUT2D eigenvalue weighted by Gasteiger charge is 2.31. The standard InChI is InChI=1S/C12H18Cl2NO3P/c1-17-19(16,15(9-7-13)10-8-14)18-11-12-5-3-2-4-6-12/h2-6H,7-11H2,1H3. The quantitative estimate of drug-likeness (QED) is 0.512. The Hall–Kier alpha value is -0.0900. The van der Waals surface area contributed by atoms with Crippen LogP contribution in [0.5, 0.6) is 0 Å². The molecule has 0 aliphatic rings. The van der Waals surface area contributed by atoms with E-state index in [9.17, 15) is 4.57 Å². The summed E-state index contributed by atoms with van der Waals surface area (Å²) in [5, 5.41) is 0. The summed E-state index contributed by atoms with van der Waals surface area (Å²) >= 11 is 11.4. The second-order valence-corrected chi connectivity index (χ2v) is 6.62. The molecule has 7 heteroatoms. The smallest absolute Gasteiger partial charge is 0.300 e. The van der Waals surface area contributed by atoms with E-state index >= 15 is 0 Å². The van der Waals surface area contributed by atoms with Gasteiger partial charge < -0.3 is 0 Å². The predicted octanol–water partition coefficient (Wildman–Crippen LogP) is 3.74. The minimum Gasteiger partial charge on any atom is -0.300 e. The average Bonchev–Trinajstić information content (AvgIpc) is 2.46. The maximum atomic E-state index is 12.6. The molecule has 0 saturated carbocycles. The molecule has 0 N–H and O–H groups in total. The van der Waals surface area contributed by atoms with Gasteiger partial charge in [0.05, 0.1) is 6.61 Å². The van der Waals surface area contributed by atoms with Crippen LogP contribution >= 0.6 is 30.9 Å². The topological polar surface area (TPSA) is 38.8 Å². The van der Waals surface area contributed by atoms with Gasteiger partial charge in [-0.2, -0.15) is 0 Å². The van der Waals surface area contributed by atoms with Crippen LogP contribution in [0.3, 0.4) is 0 Å². The van der Waals surface area contributed by atoms with Crippen molar-refractivity contribution in [1.82, 2.24) is 4.67 Å². The van der Waals surface area contributed by atoms with E-state index in [1.807, 2.05) is 30.3 Å². The monoisotopic (exact) mass is 325 g/mol. The molecule has 1 unspecified atom stereocenters. The minimum absolute atomic E-state index is 0.215. The summed E-state index contributed by atoms with van der Waals surface area (Å²) in [5.74, 6) is 0.665. The van der Waals surface area contributed by atoms with Gasteiger partial charge in [-0.1, -0.05) is 30.3 Å².